The average Bonchev–Trinajstić information content (AvgIpc) is 3.13. The summed E-state index contributed by atoms with van der Waals surface area (Å²) in [5.41, 5.74) is 0. The molecule has 1 aromatic heterocycles. The van der Waals surface area contributed by atoms with Crippen molar-refractivity contribution in [3.05, 3.63) is 17.5 Å². The number of unbranched alkanes of at least 4 members (excludes halogenated alkanes) is 2. The van der Waals surface area contributed by atoms with E-state index in [4.69, 9.17) is 9.73 Å². The van der Waals surface area contributed by atoms with Gasteiger partial charge in [-0.1, -0.05) is 0 Å². The summed E-state index contributed by atoms with van der Waals surface area (Å²) in [7, 11) is 1.76. The molecule has 0 saturated carbocycles. The van der Waals surface area contributed by atoms with Gasteiger partial charge in [0.15, 0.2) is 5.96 Å². The van der Waals surface area contributed by atoms with Crippen molar-refractivity contribution in [2.75, 3.05) is 44.8 Å². The second-order valence-electron chi connectivity index (χ2n) is 6.17. The van der Waals surface area contributed by atoms with Crippen LogP contribution in [0, 0.1) is 0 Å². The van der Waals surface area contributed by atoms with E-state index in [9.17, 15) is 0 Å². The van der Waals surface area contributed by atoms with Crippen LogP contribution >= 0.6 is 35.3 Å². The molecule has 1 aliphatic rings. The number of aliphatic imine (C=N–C) groups is 1. The lowest BCUT2D eigenvalue weighted by atomic mass is 10.1. The van der Waals surface area contributed by atoms with Crippen molar-refractivity contribution in [3.8, 4) is 0 Å². The van der Waals surface area contributed by atoms with Gasteiger partial charge in [-0.2, -0.15) is 0 Å². The van der Waals surface area contributed by atoms with Crippen molar-refractivity contribution < 1.29 is 4.74 Å². The summed E-state index contributed by atoms with van der Waals surface area (Å²) in [6.45, 7) is 7.00. The summed E-state index contributed by atoms with van der Waals surface area (Å²) in [5.74, 6) is 0.971. The van der Waals surface area contributed by atoms with Crippen LogP contribution in [0.2, 0.25) is 0 Å². The molecule has 0 spiro atoms. The van der Waals surface area contributed by atoms with E-state index in [-0.39, 0.29) is 24.0 Å². The standard InChI is InChI=1S/C18H32N4OS.HI/c1-3-19-18(20-11-5-4-6-14-23-2)21-16-9-12-22(13-10-16)17-8-7-15-24-17;/h7-8,15-16H,3-6,9-14H2,1-2H3,(H2,19,20,21);1H. The average molecular weight is 480 g/mol. The molecule has 0 aromatic carbocycles. The van der Waals surface area contributed by atoms with Crippen LogP contribution in [0.1, 0.15) is 39.0 Å². The van der Waals surface area contributed by atoms with Crippen LogP contribution in [0.25, 0.3) is 0 Å². The normalized spacial score (nSPS) is 15.8. The third kappa shape index (κ3) is 8.59. The summed E-state index contributed by atoms with van der Waals surface area (Å²) in [4.78, 5) is 7.20. The van der Waals surface area contributed by atoms with Gasteiger partial charge in [-0.3, -0.25) is 4.99 Å². The number of thiophene rings is 1. The summed E-state index contributed by atoms with van der Waals surface area (Å²) in [6.07, 6.45) is 5.75. The van der Waals surface area contributed by atoms with Crippen LogP contribution in [0.15, 0.2) is 22.5 Å². The first-order valence-electron chi connectivity index (χ1n) is 9.15. The van der Waals surface area contributed by atoms with Crippen LogP contribution in [-0.2, 0) is 4.74 Å². The third-order valence-corrected chi connectivity index (χ3v) is 5.20. The quantitative estimate of drug-likeness (QED) is 0.245. The molecule has 1 saturated heterocycles. The number of hydrogen-bond donors (Lipinski definition) is 2. The monoisotopic (exact) mass is 480 g/mol. The highest BCUT2D eigenvalue weighted by molar-refractivity contribution is 14.0. The molecule has 25 heavy (non-hydrogen) atoms. The van der Waals surface area contributed by atoms with Crippen molar-refractivity contribution in [2.45, 2.75) is 45.1 Å². The molecule has 7 heteroatoms. The number of methoxy groups -OCH3 is 1. The van der Waals surface area contributed by atoms with Gasteiger partial charge in [0.2, 0.25) is 0 Å². The molecule has 1 fully saturated rings. The molecule has 0 radical (unpaired) electrons. The number of piperidine rings is 1. The van der Waals surface area contributed by atoms with E-state index in [0.717, 1.165) is 64.4 Å². The highest BCUT2D eigenvalue weighted by Crippen LogP contribution is 2.24. The first kappa shape index (κ1) is 22.5. The van der Waals surface area contributed by atoms with Crippen LogP contribution < -0.4 is 15.5 Å². The van der Waals surface area contributed by atoms with Crippen molar-refractivity contribution in [1.29, 1.82) is 0 Å². The molecule has 0 atom stereocenters. The number of guanidine groups is 1. The first-order chi connectivity index (χ1) is 11.8. The van der Waals surface area contributed by atoms with Crippen molar-refractivity contribution in [1.82, 2.24) is 10.6 Å². The van der Waals surface area contributed by atoms with E-state index >= 15 is 0 Å². The molecule has 2 rings (SSSR count). The predicted molar refractivity (Wildman–Crippen MR) is 120 cm³/mol. The van der Waals surface area contributed by atoms with Crippen molar-refractivity contribution >= 4 is 46.3 Å². The molecular formula is C18H33IN4OS. The third-order valence-electron chi connectivity index (χ3n) is 4.27. The number of anilines is 1. The minimum Gasteiger partial charge on any atom is -0.385 e. The predicted octanol–water partition coefficient (Wildman–Crippen LogP) is 3.71. The van der Waals surface area contributed by atoms with Gasteiger partial charge in [0.1, 0.15) is 0 Å². The fourth-order valence-corrected chi connectivity index (χ4v) is 3.72. The SMILES string of the molecule is CCNC(=NCCCCCOC)NC1CCN(c2cccs2)CC1.I. The highest BCUT2D eigenvalue weighted by atomic mass is 127. The summed E-state index contributed by atoms with van der Waals surface area (Å²) in [6, 6.07) is 4.87. The molecule has 0 bridgehead atoms. The Labute approximate surface area is 173 Å². The number of nitrogens with one attached hydrogen (secondary N) is 2. The van der Waals surface area contributed by atoms with Gasteiger partial charge < -0.3 is 20.3 Å². The Hall–Kier alpha value is -0.540. The molecule has 0 unspecified atom stereocenters. The lowest BCUT2D eigenvalue weighted by Gasteiger charge is -2.33. The van der Waals surface area contributed by atoms with E-state index in [1.807, 2.05) is 11.3 Å². The van der Waals surface area contributed by atoms with Gasteiger partial charge in [-0.05, 0) is 56.5 Å². The number of rotatable bonds is 9. The molecule has 1 aromatic rings. The Bertz CT molecular complexity index is 462. The summed E-state index contributed by atoms with van der Waals surface area (Å²) < 4.78 is 5.08. The maximum absolute atomic E-state index is 5.08. The number of halogens is 1. The second kappa shape index (κ2) is 13.6. The number of nitrogens with zero attached hydrogens (tertiary/aromatic N) is 2. The molecule has 2 N–H and O–H groups in total. The Morgan fingerprint density at radius 1 is 1.32 bits per heavy atom. The molecular weight excluding hydrogens is 447 g/mol. The summed E-state index contributed by atoms with van der Waals surface area (Å²) in [5, 5.41) is 10.5. The fraction of sp³-hybridized carbons (Fsp3) is 0.722. The first-order valence-corrected chi connectivity index (χ1v) is 10.0. The largest absolute Gasteiger partial charge is 0.385 e. The van der Waals surface area contributed by atoms with Gasteiger partial charge in [0, 0.05) is 45.9 Å². The maximum Gasteiger partial charge on any atom is 0.191 e. The zero-order valence-corrected chi connectivity index (χ0v) is 18.6. The highest BCUT2D eigenvalue weighted by Gasteiger charge is 2.20. The zero-order valence-electron chi connectivity index (χ0n) is 15.5. The van der Waals surface area contributed by atoms with Gasteiger partial charge >= 0.3 is 0 Å². The van der Waals surface area contributed by atoms with E-state index in [1.54, 1.807) is 7.11 Å². The summed E-state index contributed by atoms with van der Waals surface area (Å²) >= 11 is 1.83. The Morgan fingerprint density at radius 3 is 2.76 bits per heavy atom. The van der Waals surface area contributed by atoms with E-state index in [1.165, 1.54) is 11.4 Å². The Kier molecular flexibility index (Phi) is 12.3. The van der Waals surface area contributed by atoms with Crippen LogP contribution in [-0.4, -0.2) is 51.9 Å². The number of ether oxygens (including phenoxy) is 1. The van der Waals surface area contributed by atoms with Crippen molar-refractivity contribution in [2.24, 2.45) is 4.99 Å². The van der Waals surface area contributed by atoms with Gasteiger partial charge in [-0.25, -0.2) is 0 Å². The topological polar surface area (TPSA) is 48.9 Å². The van der Waals surface area contributed by atoms with Crippen LogP contribution in [0.4, 0.5) is 5.00 Å². The van der Waals surface area contributed by atoms with E-state index in [0.29, 0.717) is 6.04 Å². The molecule has 0 aliphatic carbocycles. The molecule has 0 amide bonds. The molecule has 5 nitrogen and oxygen atoms in total. The smallest absolute Gasteiger partial charge is 0.191 e. The van der Waals surface area contributed by atoms with Gasteiger partial charge in [-0.15, -0.1) is 35.3 Å². The van der Waals surface area contributed by atoms with Crippen LogP contribution in [0.3, 0.4) is 0 Å². The fourth-order valence-electron chi connectivity index (χ4n) is 2.93. The number of hydrogen-bond acceptors (Lipinski definition) is 4. The van der Waals surface area contributed by atoms with E-state index in [2.05, 4.69) is 40.0 Å². The Morgan fingerprint density at radius 2 is 2.12 bits per heavy atom. The lowest BCUT2D eigenvalue weighted by molar-refractivity contribution is 0.192. The van der Waals surface area contributed by atoms with Gasteiger partial charge in [0.05, 0.1) is 5.00 Å². The van der Waals surface area contributed by atoms with E-state index < -0.39 is 0 Å². The van der Waals surface area contributed by atoms with Crippen molar-refractivity contribution in [3.63, 3.8) is 0 Å². The molecule has 2 heterocycles. The zero-order chi connectivity index (χ0) is 17.0. The minimum absolute atomic E-state index is 0. The lowest BCUT2D eigenvalue weighted by Crippen LogP contribution is -2.48. The minimum atomic E-state index is 0. The van der Waals surface area contributed by atoms with Crippen LogP contribution in [0.5, 0.6) is 0 Å². The second-order valence-corrected chi connectivity index (χ2v) is 7.10. The molecule has 1 aliphatic heterocycles. The van der Waals surface area contributed by atoms with Gasteiger partial charge in [0.25, 0.3) is 0 Å². The Balaban J connectivity index is 0.00000312. The molecule has 144 valence electrons. The maximum atomic E-state index is 5.08.